The van der Waals surface area contributed by atoms with E-state index in [0.29, 0.717) is 6.04 Å². The summed E-state index contributed by atoms with van der Waals surface area (Å²) in [7, 11) is 0. The second-order valence-corrected chi connectivity index (χ2v) is 6.83. The molecule has 0 aliphatic carbocycles. The lowest BCUT2D eigenvalue weighted by Gasteiger charge is -2.22. The number of rotatable bonds is 7. The molecule has 0 saturated carbocycles. The van der Waals surface area contributed by atoms with Crippen molar-refractivity contribution in [2.45, 2.75) is 58.4 Å². The molecule has 2 N–H and O–H groups in total. The fourth-order valence-electron chi connectivity index (χ4n) is 3.75. The monoisotopic (exact) mass is 451 g/mol. The number of likely N-dealkylation sites (N-methyl/N-ethyl adjacent to an activating group) is 1. The summed E-state index contributed by atoms with van der Waals surface area (Å²) in [5.74, 6) is 0.991. The van der Waals surface area contributed by atoms with Gasteiger partial charge >= 0.3 is 0 Å². The Balaban J connectivity index is 0.00000288. The van der Waals surface area contributed by atoms with Gasteiger partial charge in [0.05, 0.1) is 6.54 Å². The number of nitrogens with one attached hydrogen (secondary N) is 2. The van der Waals surface area contributed by atoms with Crippen molar-refractivity contribution in [3.63, 3.8) is 0 Å². The number of likely N-dealkylation sites (tertiary alicyclic amines) is 2. The first kappa shape index (κ1) is 22.0. The second-order valence-electron chi connectivity index (χ2n) is 6.83. The van der Waals surface area contributed by atoms with E-state index in [1.807, 2.05) is 0 Å². The number of hydrogen-bond acceptors (Lipinski definition) is 3. The average molecular weight is 451 g/mol. The zero-order valence-corrected chi connectivity index (χ0v) is 18.1. The first-order valence-corrected chi connectivity index (χ1v) is 9.82. The fraction of sp³-hybridized carbons (Fsp3) is 0.944. The Morgan fingerprint density at radius 3 is 2.42 bits per heavy atom. The van der Waals surface area contributed by atoms with E-state index >= 15 is 0 Å². The van der Waals surface area contributed by atoms with E-state index in [1.54, 1.807) is 0 Å². The van der Waals surface area contributed by atoms with Gasteiger partial charge in [-0.25, -0.2) is 0 Å². The van der Waals surface area contributed by atoms with Crippen molar-refractivity contribution in [2.75, 3.05) is 52.4 Å². The third-order valence-corrected chi connectivity index (χ3v) is 5.13. The zero-order valence-electron chi connectivity index (χ0n) is 15.7. The Labute approximate surface area is 166 Å². The minimum absolute atomic E-state index is 0. The maximum Gasteiger partial charge on any atom is 0.191 e. The largest absolute Gasteiger partial charge is 0.357 e. The first-order chi connectivity index (χ1) is 11.3. The molecular weight excluding hydrogens is 413 g/mol. The van der Waals surface area contributed by atoms with Crippen LogP contribution in [0.25, 0.3) is 0 Å². The third kappa shape index (κ3) is 7.87. The van der Waals surface area contributed by atoms with Gasteiger partial charge in [0.1, 0.15) is 0 Å². The Bertz CT molecular complexity index is 342. The SMILES string of the molecule is CCNC(=NCC1CCCN1CC)NCCN1CCCCCC1.I. The summed E-state index contributed by atoms with van der Waals surface area (Å²) < 4.78 is 0. The molecule has 1 unspecified atom stereocenters. The maximum atomic E-state index is 4.83. The van der Waals surface area contributed by atoms with Crippen molar-refractivity contribution in [1.82, 2.24) is 20.4 Å². The van der Waals surface area contributed by atoms with Crippen LogP contribution in [-0.2, 0) is 0 Å². The van der Waals surface area contributed by atoms with Crippen molar-refractivity contribution in [3.8, 4) is 0 Å². The van der Waals surface area contributed by atoms with E-state index < -0.39 is 0 Å². The van der Waals surface area contributed by atoms with Crippen LogP contribution in [0, 0.1) is 0 Å². The van der Waals surface area contributed by atoms with Gasteiger partial charge in [0.2, 0.25) is 0 Å². The van der Waals surface area contributed by atoms with Crippen molar-refractivity contribution < 1.29 is 0 Å². The highest BCUT2D eigenvalue weighted by Gasteiger charge is 2.22. The quantitative estimate of drug-likeness (QED) is 0.355. The predicted octanol–water partition coefficient (Wildman–Crippen LogP) is 2.52. The lowest BCUT2D eigenvalue weighted by Crippen LogP contribution is -2.42. The summed E-state index contributed by atoms with van der Waals surface area (Å²) >= 11 is 0. The number of hydrogen-bond donors (Lipinski definition) is 2. The molecule has 2 rings (SSSR count). The van der Waals surface area contributed by atoms with Gasteiger partial charge < -0.3 is 15.5 Å². The van der Waals surface area contributed by atoms with Crippen molar-refractivity contribution in [3.05, 3.63) is 0 Å². The molecule has 2 fully saturated rings. The molecule has 0 aromatic heterocycles. The molecule has 2 saturated heterocycles. The lowest BCUT2D eigenvalue weighted by molar-refractivity contribution is 0.272. The molecule has 6 heteroatoms. The standard InChI is InChI=1S/C18H37N5.HI/c1-3-19-18(21-16-17-10-9-14-23(17)4-2)20-11-15-22-12-7-5-6-8-13-22;/h17H,3-16H2,1-2H3,(H2,19,20,21);1H. The Morgan fingerprint density at radius 1 is 1.00 bits per heavy atom. The molecule has 1 atom stereocenters. The Kier molecular flexibility index (Phi) is 12.0. The molecule has 0 radical (unpaired) electrons. The molecule has 0 aromatic carbocycles. The van der Waals surface area contributed by atoms with Gasteiger partial charge in [-0.15, -0.1) is 24.0 Å². The molecule has 2 aliphatic heterocycles. The molecule has 5 nitrogen and oxygen atoms in total. The van der Waals surface area contributed by atoms with Crippen LogP contribution in [0.2, 0.25) is 0 Å². The van der Waals surface area contributed by atoms with E-state index in [9.17, 15) is 0 Å². The summed E-state index contributed by atoms with van der Waals surface area (Å²) in [6.07, 6.45) is 8.16. The van der Waals surface area contributed by atoms with Crippen LogP contribution in [0.1, 0.15) is 52.4 Å². The summed E-state index contributed by atoms with van der Waals surface area (Å²) in [6, 6.07) is 0.640. The summed E-state index contributed by atoms with van der Waals surface area (Å²) in [5, 5.41) is 6.92. The van der Waals surface area contributed by atoms with E-state index in [1.165, 1.54) is 58.2 Å². The minimum Gasteiger partial charge on any atom is -0.357 e. The number of nitrogens with zero attached hydrogens (tertiary/aromatic N) is 3. The molecule has 0 spiro atoms. The van der Waals surface area contributed by atoms with Crippen LogP contribution >= 0.6 is 24.0 Å². The van der Waals surface area contributed by atoms with Crippen LogP contribution < -0.4 is 10.6 Å². The average Bonchev–Trinajstić information content (AvgIpc) is 2.86. The topological polar surface area (TPSA) is 42.9 Å². The van der Waals surface area contributed by atoms with Crippen LogP contribution in [0.3, 0.4) is 0 Å². The van der Waals surface area contributed by atoms with Crippen LogP contribution in [0.5, 0.6) is 0 Å². The van der Waals surface area contributed by atoms with Gasteiger partial charge in [-0.2, -0.15) is 0 Å². The third-order valence-electron chi connectivity index (χ3n) is 5.13. The van der Waals surface area contributed by atoms with Crippen molar-refractivity contribution in [1.29, 1.82) is 0 Å². The van der Waals surface area contributed by atoms with Crippen LogP contribution in [-0.4, -0.2) is 74.2 Å². The summed E-state index contributed by atoms with van der Waals surface area (Å²) in [6.45, 7) is 13.3. The smallest absolute Gasteiger partial charge is 0.191 e. The van der Waals surface area contributed by atoms with Crippen molar-refractivity contribution in [2.24, 2.45) is 4.99 Å². The normalized spacial score (nSPS) is 23.6. The van der Waals surface area contributed by atoms with E-state index in [0.717, 1.165) is 38.7 Å². The summed E-state index contributed by atoms with van der Waals surface area (Å²) in [5.41, 5.74) is 0. The first-order valence-electron chi connectivity index (χ1n) is 9.82. The van der Waals surface area contributed by atoms with Gasteiger partial charge in [0.25, 0.3) is 0 Å². The van der Waals surface area contributed by atoms with Crippen LogP contribution in [0.15, 0.2) is 4.99 Å². The number of guanidine groups is 1. The molecule has 0 aromatic rings. The molecule has 0 amide bonds. The number of aliphatic imine (C=N–C) groups is 1. The van der Waals surface area contributed by atoms with E-state index in [4.69, 9.17) is 4.99 Å². The molecule has 142 valence electrons. The highest BCUT2D eigenvalue weighted by molar-refractivity contribution is 14.0. The fourth-order valence-corrected chi connectivity index (χ4v) is 3.75. The highest BCUT2D eigenvalue weighted by Crippen LogP contribution is 2.16. The number of halogens is 1. The van der Waals surface area contributed by atoms with Crippen molar-refractivity contribution >= 4 is 29.9 Å². The van der Waals surface area contributed by atoms with Gasteiger partial charge in [-0.05, 0) is 58.8 Å². The minimum atomic E-state index is 0. The molecular formula is C18H38IN5. The highest BCUT2D eigenvalue weighted by atomic mass is 127. The van der Waals surface area contributed by atoms with Gasteiger partial charge in [0, 0.05) is 25.7 Å². The molecule has 2 aliphatic rings. The zero-order chi connectivity index (χ0) is 16.3. The Hall–Kier alpha value is -0.0800. The Morgan fingerprint density at radius 2 is 1.75 bits per heavy atom. The second kappa shape index (κ2) is 13.2. The maximum absolute atomic E-state index is 4.83. The van der Waals surface area contributed by atoms with Gasteiger partial charge in [0.15, 0.2) is 5.96 Å². The van der Waals surface area contributed by atoms with E-state index in [2.05, 4.69) is 34.3 Å². The molecule has 0 bridgehead atoms. The summed E-state index contributed by atoms with van der Waals surface area (Å²) in [4.78, 5) is 9.99. The molecule has 2 heterocycles. The van der Waals surface area contributed by atoms with Gasteiger partial charge in [-0.1, -0.05) is 19.8 Å². The predicted molar refractivity (Wildman–Crippen MR) is 115 cm³/mol. The lowest BCUT2D eigenvalue weighted by atomic mass is 10.2. The van der Waals surface area contributed by atoms with Gasteiger partial charge in [-0.3, -0.25) is 9.89 Å². The molecule has 24 heavy (non-hydrogen) atoms. The van der Waals surface area contributed by atoms with Crippen LogP contribution in [0.4, 0.5) is 0 Å². The van der Waals surface area contributed by atoms with E-state index in [-0.39, 0.29) is 24.0 Å².